The van der Waals surface area contributed by atoms with Gasteiger partial charge in [-0.1, -0.05) is 0 Å². The first-order chi connectivity index (χ1) is 9.12. The second kappa shape index (κ2) is 5.55. The quantitative estimate of drug-likeness (QED) is 0.637. The lowest BCUT2D eigenvalue weighted by molar-refractivity contribution is -0.192. The van der Waals surface area contributed by atoms with Crippen molar-refractivity contribution >= 4 is 16.9 Å². The molecule has 1 heterocycles. The number of aromatic nitrogens is 2. The lowest BCUT2D eigenvalue weighted by Gasteiger charge is -1.98. The summed E-state index contributed by atoms with van der Waals surface area (Å²) in [5.41, 5.74) is -0.344. The number of phenols is 1. The number of rotatable bonds is 0. The number of phenolic OH excluding ortho intramolecular Hbond substituents is 1. The van der Waals surface area contributed by atoms with Gasteiger partial charge in [0.1, 0.15) is 17.0 Å². The van der Waals surface area contributed by atoms with Gasteiger partial charge >= 0.3 is 12.1 Å². The van der Waals surface area contributed by atoms with E-state index in [0.29, 0.717) is 0 Å². The molecule has 0 aliphatic heterocycles. The van der Waals surface area contributed by atoms with Crippen molar-refractivity contribution in [2.45, 2.75) is 6.18 Å². The van der Waals surface area contributed by atoms with Crippen LogP contribution in [0.2, 0.25) is 0 Å². The third-order valence-electron chi connectivity index (χ3n) is 1.93. The molecule has 1 aromatic heterocycles. The highest BCUT2D eigenvalue weighted by Gasteiger charge is 2.38. The number of aliphatic carboxylic acids is 1. The predicted octanol–water partition coefficient (Wildman–Crippen LogP) is 1.40. The Hall–Kier alpha value is -2.65. The highest BCUT2D eigenvalue weighted by Crippen LogP contribution is 2.20. The van der Waals surface area contributed by atoms with E-state index in [0.717, 1.165) is 18.5 Å². The SMILES string of the molecule is O=C(O)C(F)(F)F.O=c1[nH]cnc2cc(F)cc(O)c12. The van der Waals surface area contributed by atoms with E-state index >= 15 is 0 Å². The number of benzene rings is 1. The number of hydrogen-bond donors (Lipinski definition) is 3. The van der Waals surface area contributed by atoms with Crippen LogP contribution in [0.1, 0.15) is 0 Å². The Morgan fingerprint density at radius 2 is 1.85 bits per heavy atom. The molecule has 0 saturated carbocycles. The van der Waals surface area contributed by atoms with Gasteiger partial charge in [-0.05, 0) is 0 Å². The number of nitrogens with one attached hydrogen (secondary N) is 1. The van der Waals surface area contributed by atoms with Crippen molar-refractivity contribution in [1.29, 1.82) is 0 Å². The summed E-state index contributed by atoms with van der Waals surface area (Å²) in [5, 5.41) is 16.4. The summed E-state index contributed by atoms with van der Waals surface area (Å²) in [7, 11) is 0. The van der Waals surface area contributed by atoms with Gasteiger partial charge in [0.25, 0.3) is 5.56 Å². The van der Waals surface area contributed by atoms with E-state index in [9.17, 15) is 27.5 Å². The molecule has 0 bridgehead atoms. The molecule has 10 heteroatoms. The van der Waals surface area contributed by atoms with Gasteiger partial charge in [0.05, 0.1) is 11.8 Å². The van der Waals surface area contributed by atoms with Crippen LogP contribution in [0.4, 0.5) is 17.6 Å². The van der Waals surface area contributed by atoms with E-state index < -0.39 is 29.3 Å². The highest BCUT2D eigenvalue weighted by molar-refractivity contribution is 5.83. The molecule has 0 spiro atoms. The zero-order chi connectivity index (χ0) is 15.5. The molecular weight excluding hydrogens is 288 g/mol. The lowest BCUT2D eigenvalue weighted by Crippen LogP contribution is -2.21. The molecule has 0 aliphatic carbocycles. The van der Waals surface area contributed by atoms with Crippen LogP contribution in [0.25, 0.3) is 10.9 Å². The minimum Gasteiger partial charge on any atom is -0.507 e. The average Bonchev–Trinajstić information content (AvgIpc) is 2.27. The summed E-state index contributed by atoms with van der Waals surface area (Å²) in [6, 6.07) is 1.96. The minimum absolute atomic E-state index is 0.00361. The molecule has 0 saturated heterocycles. The molecule has 20 heavy (non-hydrogen) atoms. The number of aromatic hydroxyl groups is 1. The zero-order valence-corrected chi connectivity index (χ0v) is 9.40. The van der Waals surface area contributed by atoms with Crippen molar-refractivity contribution in [3.8, 4) is 5.75 Å². The van der Waals surface area contributed by atoms with Crippen molar-refractivity contribution in [3.63, 3.8) is 0 Å². The fraction of sp³-hybridized carbons (Fsp3) is 0.100. The Morgan fingerprint density at radius 1 is 1.30 bits per heavy atom. The Balaban J connectivity index is 0.000000246. The van der Waals surface area contributed by atoms with E-state index in [1.165, 1.54) is 0 Å². The fourth-order valence-corrected chi connectivity index (χ4v) is 1.15. The number of H-pyrrole nitrogens is 1. The van der Waals surface area contributed by atoms with Gasteiger partial charge in [-0.25, -0.2) is 14.2 Å². The molecule has 3 N–H and O–H groups in total. The summed E-state index contributed by atoms with van der Waals surface area (Å²) in [4.78, 5) is 26.0. The molecular formula is C10H6F4N2O4. The first-order valence-electron chi connectivity index (χ1n) is 4.79. The Morgan fingerprint density at radius 3 is 2.35 bits per heavy atom. The number of fused-ring (bicyclic) bond motifs is 1. The van der Waals surface area contributed by atoms with Crippen LogP contribution in [0.3, 0.4) is 0 Å². The van der Waals surface area contributed by atoms with Crippen molar-refractivity contribution in [2.75, 3.05) is 0 Å². The van der Waals surface area contributed by atoms with Gasteiger partial charge in [-0.2, -0.15) is 13.2 Å². The topological polar surface area (TPSA) is 103 Å². The van der Waals surface area contributed by atoms with Gasteiger partial charge in [-0.3, -0.25) is 4.79 Å². The van der Waals surface area contributed by atoms with Crippen molar-refractivity contribution in [2.24, 2.45) is 0 Å². The number of aromatic amines is 1. The number of carboxylic acid groups (broad SMARTS) is 1. The highest BCUT2D eigenvalue weighted by atomic mass is 19.4. The van der Waals surface area contributed by atoms with Gasteiger partial charge in [0.15, 0.2) is 0 Å². The van der Waals surface area contributed by atoms with Crippen LogP contribution < -0.4 is 5.56 Å². The Bertz CT molecular complexity index is 696. The number of alkyl halides is 3. The van der Waals surface area contributed by atoms with E-state index in [1.54, 1.807) is 0 Å². The van der Waals surface area contributed by atoms with Gasteiger partial charge in [0.2, 0.25) is 0 Å². The summed E-state index contributed by atoms with van der Waals surface area (Å²) >= 11 is 0. The zero-order valence-electron chi connectivity index (χ0n) is 9.40. The second-order valence-electron chi connectivity index (χ2n) is 3.35. The third kappa shape index (κ3) is 3.67. The molecule has 108 valence electrons. The fourth-order valence-electron chi connectivity index (χ4n) is 1.15. The first kappa shape index (κ1) is 15.4. The largest absolute Gasteiger partial charge is 0.507 e. The van der Waals surface area contributed by atoms with Crippen LogP contribution in [0.15, 0.2) is 23.3 Å². The maximum Gasteiger partial charge on any atom is 0.490 e. The monoisotopic (exact) mass is 294 g/mol. The predicted molar refractivity (Wildman–Crippen MR) is 57.7 cm³/mol. The van der Waals surface area contributed by atoms with Crippen LogP contribution in [-0.2, 0) is 4.79 Å². The van der Waals surface area contributed by atoms with Crippen molar-refractivity contribution < 1.29 is 32.6 Å². The van der Waals surface area contributed by atoms with Gasteiger partial charge in [-0.15, -0.1) is 0 Å². The minimum atomic E-state index is -5.08. The average molecular weight is 294 g/mol. The molecule has 0 atom stereocenters. The molecule has 0 fully saturated rings. The van der Waals surface area contributed by atoms with E-state index in [-0.39, 0.29) is 10.9 Å². The van der Waals surface area contributed by atoms with Crippen LogP contribution in [0.5, 0.6) is 5.75 Å². The number of nitrogens with zero attached hydrogens (tertiary/aromatic N) is 1. The summed E-state index contributed by atoms with van der Waals surface area (Å²) in [5.74, 6) is -3.78. The third-order valence-corrected chi connectivity index (χ3v) is 1.93. The van der Waals surface area contributed by atoms with Crippen LogP contribution >= 0.6 is 0 Å². The van der Waals surface area contributed by atoms with Crippen molar-refractivity contribution in [1.82, 2.24) is 9.97 Å². The van der Waals surface area contributed by atoms with E-state index in [1.807, 2.05) is 0 Å². The molecule has 0 radical (unpaired) electrons. The van der Waals surface area contributed by atoms with E-state index in [4.69, 9.17) is 9.90 Å². The van der Waals surface area contributed by atoms with Crippen LogP contribution in [0, 0.1) is 5.82 Å². The lowest BCUT2D eigenvalue weighted by atomic mass is 10.2. The summed E-state index contributed by atoms with van der Waals surface area (Å²) < 4.78 is 44.5. The molecule has 1 aromatic carbocycles. The number of carboxylic acids is 1. The molecule has 2 rings (SSSR count). The Labute approximate surface area is 107 Å². The summed E-state index contributed by atoms with van der Waals surface area (Å²) in [6.07, 6.45) is -3.93. The standard InChI is InChI=1S/C8H5FN2O2.C2HF3O2/c9-4-1-5-7(6(12)2-4)8(13)11-3-10-5;3-2(4,5)1(6)7/h1-3,12H,(H,10,11,13);(H,6,7). The first-order valence-corrected chi connectivity index (χ1v) is 4.79. The van der Waals surface area contributed by atoms with Crippen molar-refractivity contribution in [3.05, 3.63) is 34.6 Å². The molecule has 0 aliphatic rings. The number of halogens is 4. The molecule has 6 nitrogen and oxygen atoms in total. The van der Waals surface area contributed by atoms with Crippen LogP contribution in [-0.4, -0.2) is 32.3 Å². The number of carbonyl (C=O) groups is 1. The van der Waals surface area contributed by atoms with Gasteiger partial charge in [0, 0.05) is 12.1 Å². The maximum atomic E-state index is 12.7. The second-order valence-corrected chi connectivity index (χ2v) is 3.35. The maximum absolute atomic E-state index is 12.7. The summed E-state index contributed by atoms with van der Waals surface area (Å²) in [6.45, 7) is 0. The Kier molecular flexibility index (Phi) is 4.27. The normalized spacial score (nSPS) is 10.8. The van der Waals surface area contributed by atoms with Gasteiger partial charge < -0.3 is 15.2 Å². The molecule has 2 aromatic rings. The number of hydrogen-bond acceptors (Lipinski definition) is 4. The molecule has 0 unspecified atom stereocenters. The molecule has 0 amide bonds. The van der Waals surface area contributed by atoms with E-state index in [2.05, 4.69) is 9.97 Å². The smallest absolute Gasteiger partial charge is 0.490 e.